The van der Waals surface area contributed by atoms with Gasteiger partial charge in [0, 0.05) is 12.7 Å². The highest BCUT2D eigenvalue weighted by atomic mass is 32.2. The van der Waals surface area contributed by atoms with Crippen LogP contribution in [0.2, 0.25) is 0 Å². The highest BCUT2D eigenvalue weighted by Gasteiger charge is 2.40. The molecule has 1 aliphatic rings. The van der Waals surface area contributed by atoms with Crippen LogP contribution in [0.1, 0.15) is 16.7 Å². The van der Waals surface area contributed by atoms with E-state index in [0.717, 1.165) is 16.7 Å². The van der Waals surface area contributed by atoms with Gasteiger partial charge in [-0.2, -0.15) is 5.26 Å². The minimum Gasteiger partial charge on any atom is -0.354 e. The van der Waals surface area contributed by atoms with Crippen LogP contribution in [0.3, 0.4) is 0 Å². The van der Waals surface area contributed by atoms with Crippen LogP contribution in [0.15, 0.2) is 59.1 Å². The molecule has 28 heavy (non-hydrogen) atoms. The lowest BCUT2D eigenvalue weighted by molar-refractivity contribution is -0.117. The largest absolute Gasteiger partial charge is 0.354 e. The molecule has 1 saturated heterocycles. The number of nitrogens with zero attached hydrogens (tertiary/aromatic N) is 2. The van der Waals surface area contributed by atoms with Crippen LogP contribution in [-0.2, 0) is 16.0 Å². The van der Waals surface area contributed by atoms with Crippen LogP contribution >= 0.6 is 11.8 Å². The lowest BCUT2D eigenvalue weighted by Crippen LogP contribution is -2.31. The van der Waals surface area contributed by atoms with Crippen LogP contribution in [0.25, 0.3) is 0 Å². The average Bonchev–Trinajstić information content (AvgIpc) is 3.01. The minimum absolute atomic E-state index is 0.0466. The third kappa shape index (κ3) is 3.80. The Morgan fingerprint density at radius 1 is 1.18 bits per heavy atom. The molecule has 2 aromatic rings. The number of carbonyl (C=O) groups excluding carboxylic acids is 2. The van der Waals surface area contributed by atoms with Crippen molar-refractivity contribution in [2.24, 2.45) is 0 Å². The van der Waals surface area contributed by atoms with Gasteiger partial charge in [-0.05, 0) is 49.1 Å². The number of hydrogen-bond donors (Lipinski definition) is 1. The first-order valence-electron chi connectivity index (χ1n) is 8.94. The number of amides is 2. The number of likely N-dealkylation sites (N-methyl/N-ethyl adjacent to an activating group) is 1. The normalized spacial score (nSPS) is 18.0. The highest BCUT2D eigenvalue weighted by molar-refractivity contribution is 8.05. The fourth-order valence-corrected chi connectivity index (χ4v) is 4.35. The topological polar surface area (TPSA) is 73.2 Å². The van der Waals surface area contributed by atoms with Crippen LogP contribution in [0.5, 0.6) is 0 Å². The van der Waals surface area contributed by atoms with Crippen molar-refractivity contribution < 1.29 is 9.59 Å². The maximum atomic E-state index is 13.3. The number of rotatable bonds is 4. The summed E-state index contributed by atoms with van der Waals surface area (Å²) in [6.45, 7) is 3.97. The third-order valence-electron chi connectivity index (χ3n) is 4.75. The Balaban J connectivity index is 2.08. The van der Waals surface area contributed by atoms with Crippen molar-refractivity contribution in [2.45, 2.75) is 25.5 Å². The summed E-state index contributed by atoms with van der Waals surface area (Å²) in [5.41, 5.74) is 3.81. The number of anilines is 1. The van der Waals surface area contributed by atoms with Crippen molar-refractivity contribution in [1.82, 2.24) is 5.32 Å². The van der Waals surface area contributed by atoms with E-state index < -0.39 is 11.2 Å². The third-order valence-corrected chi connectivity index (χ3v) is 6.01. The molecule has 5 nitrogen and oxygen atoms in total. The number of nitrogens with one attached hydrogen (secondary N) is 1. The molecule has 0 spiro atoms. The number of carbonyl (C=O) groups is 2. The fourth-order valence-electron chi connectivity index (χ4n) is 3.04. The van der Waals surface area contributed by atoms with E-state index >= 15 is 0 Å². The molecule has 0 saturated carbocycles. The van der Waals surface area contributed by atoms with Gasteiger partial charge < -0.3 is 5.32 Å². The Labute approximate surface area is 169 Å². The maximum Gasteiger partial charge on any atom is 0.264 e. The summed E-state index contributed by atoms with van der Waals surface area (Å²) in [4.78, 5) is 27.0. The van der Waals surface area contributed by atoms with E-state index in [-0.39, 0.29) is 11.5 Å². The zero-order valence-electron chi connectivity index (χ0n) is 16.0. The first kappa shape index (κ1) is 19.7. The minimum atomic E-state index is -0.494. The summed E-state index contributed by atoms with van der Waals surface area (Å²) in [6, 6.07) is 17.4. The van der Waals surface area contributed by atoms with Crippen molar-refractivity contribution in [3.63, 3.8) is 0 Å². The Morgan fingerprint density at radius 2 is 1.89 bits per heavy atom. The number of hydrogen-bond acceptors (Lipinski definition) is 4. The zero-order valence-corrected chi connectivity index (χ0v) is 16.8. The smallest absolute Gasteiger partial charge is 0.264 e. The number of aryl methyl sites for hydroxylation is 2. The van der Waals surface area contributed by atoms with Crippen molar-refractivity contribution >= 4 is 29.3 Å². The van der Waals surface area contributed by atoms with Gasteiger partial charge in [-0.15, -0.1) is 0 Å². The SMILES string of the molecule is CNC(=O)/C(C#N)=C1\SC(Cc2ccccc2)C(=O)N1c1ccc(C)c(C)c1. The van der Waals surface area contributed by atoms with Crippen molar-refractivity contribution in [3.8, 4) is 6.07 Å². The molecule has 0 aliphatic carbocycles. The second-order valence-corrected chi connectivity index (χ2v) is 7.80. The van der Waals surface area contributed by atoms with Crippen molar-refractivity contribution in [3.05, 3.63) is 75.8 Å². The second-order valence-electron chi connectivity index (χ2n) is 6.61. The fraction of sp³-hybridized carbons (Fsp3) is 0.227. The van der Waals surface area contributed by atoms with Crippen LogP contribution < -0.4 is 10.2 Å². The number of nitriles is 1. The van der Waals surface area contributed by atoms with Gasteiger partial charge in [-0.1, -0.05) is 48.2 Å². The van der Waals surface area contributed by atoms with E-state index in [1.165, 1.54) is 23.7 Å². The summed E-state index contributed by atoms with van der Waals surface area (Å²) in [5, 5.41) is 12.1. The van der Waals surface area contributed by atoms with E-state index in [0.29, 0.717) is 17.1 Å². The Kier molecular flexibility index (Phi) is 5.86. The Hall–Kier alpha value is -3.04. The Morgan fingerprint density at radius 3 is 2.50 bits per heavy atom. The second kappa shape index (κ2) is 8.32. The molecular weight excluding hydrogens is 370 g/mol. The number of benzene rings is 2. The van der Waals surface area contributed by atoms with Gasteiger partial charge in [0.25, 0.3) is 5.91 Å². The van der Waals surface area contributed by atoms with E-state index in [1.807, 2.05) is 68.4 Å². The molecule has 0 aromatic heterocycles. The van der Waals surface area contributed by atoms with Gasteiger partial charge in [0.15, 0.2) is 0 Å². The molecule has 1 fully saturated rings. The van der Waals surface area contributed by atoms with Crippen LogP contribution in [-0.4, -0.2) is 24.1 Å². The van der Waals surface area contributed by atoms with Gasteiger partial charge in [-0.25, -0.2) is 0 Å². The van der Waals surface area contributed by atoms with E-state index in [1.54, 1.807) is 0 Å². The first-order valence-corrected chi connectivity index (χ1v) is 9.82. The Bertz CT molecular complexity index is 993. The molecule has 2 aromatic carbocycles. The molecule has 1 N–H and O–H groups in total. The van der Waals surface area contributed by atoms with Gasteiger partial charge in [0.2, 0.25) is 5.91 Å². The molecule has 6 heteroatoms. The monoisotopic (exact) mass is 391 g/mol. The molecule has 1 aliphatic heterocycles. The zero-order chi connectivity index (χ0) is 20.3. The molecule has 1 heterocycles. The summed E-state index contributed by atoms with van der Waals surface area (Å²) in [6.07, 6.45) is 0.529. The van der Waals surface area contributed by atoms with Crippen LogP contribution in [0, 0.1) is 25.2 Å². The summed E-state index contributed by atoms with van der Waals surface area (Å²) in [7, 11) is 1.48. The summed E-state index contributed by atoms with van der Waals surface area (Å²) < 4.78 is 0. The molecule has 1 atom stereocenters. The molecule has 1 unspecified atom stereocenters. The van der Waals surface area contributed by atoms with E-state index in [9.17, 15) is 14.9 Å². The van der Waals surface area contributed by atoms with E-state index in [4.69, 9.17) is 0 Å². The molecular formula is C22H21N3O2S. The predicted molar refractivity (Wildman–Crippen MR) is 112 cm³/mol. The van der Waals surface area contributed by atoms with Gasteiger partial charge in [-0.3, -0.25) is 14.5 Å². The van der Waals surface area contributed by atoms with Crippen molar-refractivity contribution in [1.29, 1.82) is 5.26 Å². The quantitative estimate of drug-likeness (QED) is 0.640. The molecule has 3 rings (SSSR count). The lowest BCUT2D eigenvalue weighted by Gasteiger charge is -2.19. The van der Waals surface area contributed by atoms with Gasteiger partial charge >= 0.3 is 0 Å². The molecule has 142 valence electrons. The molecule has 0 bridgehead atoms. The van der Waals surface area contributed by atoms with Crippen molar-refractivity contribution in [2.75, 3.05) is 11.9 Å². The summed E-state index contributed by atoms with van der Waals surface area (Å²) >= 11 is 1.28. The van der Waals surface area contributed by atoms with Gasteiger partial charge in [0.1, 0.15) is 16.7 Å². The maximum absolute atomic E-state index is 13.3. The van der Waals surface area contributed by atoms with E-state index in [2.05, 4.69) is 5.32 Å². The first-order chi connectivity index (χ1) is 13.5. The predicted octanol–water partition coefficient (Wildman–Crippen LogP) is 3.48. The highest BCUT2D eigenvalue weighted by Crippen LogP contribution is 2.42. The van der Waals surface area contributed by atoms with Gasteiger partial charge in [0.05, 0.1) is 5.25 Å². The average molecular weight is 391 g/mol. The van der Waals surface area contributed by atoms with Crippen LogP contribution in [0.4, 0.5) is 5.69 Å². The standard InChI is InChI=1S/C22H21N3O2S/c1-14-9-10-17(11-15(14)2)25-21(27)19(12-16-7-5-4-6-8-16)28-22(25)18(13-23)20(26)24-3/h4-11,19H,12H2,1-3H3,(H,24,26)/b22-18-. The molecule has 0 radical (unpaired) electrons. The lowest BCUT2D eigenvalue weighted by atomic mass is 10.1. The number of thioether (sulfide) groups is 1. The summed E-state index contributed by atoms with van der Waals surface area (Å²) in [5.74, 6) is -0.615. The molecule has 2 amide bonds.